The van der Waals surface area contributed by atoms with E-state index < -0.39 is 5.97 Å². The molecule has 2 unspecified atom stereocenters. The topological polar surface area (TPSA) is 66.8 Å². The Hall–Kier alpha value is -2.82. The van der Waals surface area contributed by atoms with Crippen LogP contribution in [0.3, 0.4) is 0 Å². The molecule has 0 spiro atoms. The van der Waals surface area contributed by atoms with Crippen LogP contribution in [0.1, 0.15) is 24.5 Å². The number of carboxylic acids is 1. The van der Waals surface area contributed by atoms with E-state index in [-0.39, 0.29) is 24.3 Å². The number of carboxylic acid groups (broad SMARTS) is 1. The molecule has 142 valence electrons. The van der Waals surface area contributed by atoms with Crippen LogP contribution in [0.2, 0.25) is 0 Å². The molecule has 0 saturated carbocycles. The Kier molecular flexibility index (Phi) is 6.12. The van der Waals surface area contributed by atoms with Gasteiger partial charge in [0.25, 0.3) is 5.91 Å². The van der Waals surface area contributed by atoms with Gasteiger partial charge in [-0.1, -0.05) is 55.5 Å². The normalized spacial score (nSPS) is 19.5. The largest absolute Gasteiger partial charge is 0.483 e. The third-order valence-corrected chi connectivity index (χ3v) is 5.14. The molecule has 0 aromatic heterocycles. The van der Waals surface area contributed by atoms with Crippen LogP contribution in [0.5, 0.6) is 5.75 Å². The summed E-state index contributed by atoms with van der Waals surface area (Å²) >= 11 is 0. The molecule has 1 saturated heterocycles. The molecule has 0 aliphatic carbocycles. The van der Waals surface area contributed by atoms with E-state index in [0.29, 0.717) is 25.3 Å². The zero-order valence-corrected chi connectivity index (χ0v) is 15.5. The molecule has 1 fully saturated rings. The molecular weight excluding hydrogens is 342 g/mol. The van der Waals surface area contributed by atoms with Crippen LogP contribution in [0, 0.1) is 11.8 Å². The van der Waals surface area contributed by atoms with Crippen molar-refractivity contribution in [2.24, 2.45) is 11.8 Å². The van der Waals surface area contributed by atoms with Crippen molar-refractivity contribution in [3.05, 3.63) is 65.7 Å². The molecule has 5 heteroatoms. The van der Waals surface area contributed by atoms with Crippen LogP contribution in [0.15, 0.2) is 54.6 Å². The number of nitrogens with zero attached hydrogens (tertiary/aromatic N) is 1. The number of amides is 1. The van der Waals surface area contributed by atoms with Gasteiger partial charge in [-0.05, 0) is 29.5 Å². The summed E-state index contributed by atoms with van der Waals surface area (Å²) in [4.78, 5) is 25.4. The minimum absolute atomic E-state index is 0.0315. The highest BCUT2D eigenvalue weighted by atomic mass is 16.5. The fraction of sp³-hybridized carbons (Fsp3) is 0.364. The van der Waals surface area contributed by atoms with Crippen LogP contribution in [-0.2, 0) is 16.0 Å². The van der Waals surface area contributed by atoms with E-state index in [1.54, 1.807) is 4.90 Å². The molecule has 5 nitrogen and oxygen atoms in total. The lowest BCUT2D eigenvalue weighted by atomic mass is 9.87. The third-order valence-electron chi connectivity index (χ3n) is 5.14. The minimum Gasteiger partial charge on any atom is -0.483 e. The van der Waals surface area contributed by atoms with Gasteiger partial charge in [0.15, 0.2) is 6.61 Å². The van der Waals surface area contributed by atoms with Gasteiger partial charge in [0.1, 0.15) is 5.75 Å². The van der Waals surface area contributed by atoms with Crippen molar-refractivity contribution in [2.45, 2.75) is 19.8 Å². The van der Waals surface area contributed by atoms with Crippen molar-refractivity contribution in [1.82, 2.24) is 4.90 Å². The first kappa shape index (κ1) is 19.0. The Morgan fingerprint density at radius 3 is 2.52 bits per heavy atom. The number of para-hydroxylation sites is 1. The maximum atomic E-state index is 12.5. The quantitative estimate of drug-likeness (QED) is 0.851. The Morgan fingerprint density at radius 2 is 1.81 bits per heavy atom. The zero-order valence-electron chi connectivity index (χ0n) is 15.5. The first-order valence-corrected chi connectivity index (χ1v) is 9.30. The second kappa shape index (κ2) is 8.71. The molecule has 0 radical (unpaired) electrons. The lowest BCUT2D eigenvalue weighted by molar-refractivity contribution is -0.148. The number of benzene rings is 2. The van der Waals surface area contributed by atoms with E-state index >= 15 is 0 Å². The van der Waals surface area contributed by atoms with E-state index in [1.165, 1.54) is 5.56 Å². The molecule has 1 amide bonds. The van der Waals surface area contributed by atoms with Crippen LogP contribution in [0.25, 0.3) is 0 Å². The van der Waals surface area contributed by atoms with Crippen molar-refractivity contribution >= 4 is 11.9 Å². The number of rotatable bonds is 6. The predicted molar refractivity (Wildman–Crippen MR) is 103 cm³/mol. The van der Waals surface area contributed by atoms with Gasteiger partial charge in [0.2, 0.25) is 0 Å². The van der Waals surface area contributed by atoms with Gasteiger partial charge >= 0.3 is 5.97 Å². The van der Waals surface area contributed by atoms with Crippen LogP contribution in [-0.4, -0.2) is 41.6 Å². The van der Waals surface area contributed by atoms with Crippen LogP contribution in [0.4, 0.5) is 0 Å². The maximum absolute atomic E-state index is 12.5. The van der Waals surface area contributed by atoms with E-state index in [4.69, 9.17) is 4.74 Å². The fourth-order valence-electron chi connectivity index (χ4n) is 3.58. The van der Waals surface area contributed by atoms with Gasteiger partial charge in [-0.15, -0.1) is 0 Å². The summed E-state index contributed by atoms with van der Waals surface area (Å²) in [5.41, 5.74) is 2.22. The van der Waals surface area contributed by atoms with E-state index in [1.807, 2.05) is 49.4 Å². The van der Waals surface area contributed by atoms with Crippen molar-refractivity contribution in [2.75, 3.05) is 19.7 Å². The molecule has 2 aromatic rings. The number of likely N-dealkylation sites (tertiary alicyclic amines) is 1. The number of ether oxygens (including phenoxy) is 1. The van der Waals surface area contributed by atoms with Gasteiger partial charge in [0.05, 0.1) is 5.92 Å². The summed E-state index contributed by atoms with van der Waals surface area (Å²) in [7, 11) is 0. The van der Waals surface area contributed by atoms with E-state index in [0.717, 1.165) is 12.0 Å². The number of carbonyl (C=O) groups is 2. The Balaban J connectivity index is 1.59. The van der Waals surface area contributed by atoms with Crippen molar-refractivity contribution in [3.8, 4) is 5.75 Å². The molecule has 1 N–H and O–H groups in total. The molecule has 2 aromatic carbocycles. The standard InChI is InChI=1S/C22H25NO4/c1-16-14-23(12-11-19(16)22(25)26)21(24)15-27-20-10-6-5-9-18(20)13-17-7-3-2-4-8-17/h2-10,16,19H,11-15H2,1H3,(H,25,26). The summed E-state index contributed by atoms with van der Waals surface area (Å²) in [6.45, 7) is 2.78. The predicted octanol–water partition coefficient (Wildman–Crippen LogP) is 3.23. The zero-order chi connectivity index (χ0) is 19.2. The average molecular weight is 367 g/mol. The van der Waals surface area contributed by atoms with Crippen molar-refractivity contribution < 1.29 is 19.4 Å². The highest BCUT2D eigenvalue weighted by Gasteiger charge is 2.33. The molecule has 1 heterocycles. The van der Waals surface area contributed by atoms with Gasteiger partial charge in [0, 0.05) is 19.5 Å². The summed E-state index contributed by atoms with van der Waals surface area (Å²) < 4.78 is 5.83. The van der Waals surface area contributed by atoms with E-state index in [9.17, 15) is 14.7 Å². The second-order valence-corrected chi connectivity index (χ2v) is 7.11. The molecule has 3 rings (SSSR count). The molecule has 1 aliphatic rings. The Morgan fingerprint density at radius 1 is 1.11 bits per heavy atom. The monoisotopic (exact) mass is 367 g/mol. The summed E-state index contributed by atoms with van der Waals surface area (Å²) in [5, 5.41) is 9.21. The number of piperidine rings is 1. The lowest BCUT2D eigenvalue weighted by Crippen LogP contribution is -2.46. The average Bonchev–Trinajstić information content (AvgIpc) is 2.67. The SMILES string of the molecule is CC1CN(C(=O)COc2ccccc2Cc2ccccc2)CCC1C(=O)O. The molecule has 2 atom stereocenters. The highest BCUT2D eigenvalue weighted by molar-refractivity contribution is 5.78. The number of carbonyl (C=O) groups excluding carboxylic acids is 1. The fourth-order valence-corrected chi connectivity index (χ4v) is 3.58. The van der Waals surface area contributed by atoms with Gasteiger partial charge in [-0.2, -0.15) is 0 Å². The Labute approximate surface area is 159 Å². The molecule has 0 bridgehead atoms. The van der Waals surface area contributed by atoms with Crippen LogP contribution >= 0.6 is 0 Å². The summed E-state index contributed by atoms with van der Waals surface area (Å²) in [5.74, 6) is -0.587. The van der Waals surface area contributed by atoms with Gasteiger partial charge < -0.3 is 14.7 Å². The maximum Gasteiger partial charge on any atom is 0.306 e. The molecular formula is C22H25NO4. The van der Waals surface area contributed by atoms with Gasteiger partial charge in [-0.25, -0.2) is 0 Å². The van der Waals surface area contributed by atoms with Crippen molar-refractivity contribution in [3.63, 3.8) is 0 Å². The van der Waals surface area contributed by atoms with Gasteiger partial charge in [-0.3, -0.25) is 9.59 Å². The summed E-state index contributed by atoms with van der Waals surface area (Å²) in [6.07, 6.45) is 1.24. The number of hydrogen-bond donors (Lipinski definition) is 1. The van der Waals surface area contributed by atoms with Crippen LogP contribution < -0.4 is 4.74 Å². The number of hydrogen-bond acceptors (Lipinski definition) is 3. The Bertz CT molecular complexity index is 790. The lowest BCUT2D eigenvalue weighted by Gasteiger charge is -2.34. The minimum atomic E-state index is -0.777. The smallest absolute Gasteiger partial charge is 0.306 e. The first-order chi connectivity index (χ1) is 13.0. The third kappa shape index (κ3) is 4.88. The molecule has 27 heavy (non-hydrogen) atoms. The summed E-state index contributed by atoms with van der Waals surface area (Å²) in [6, 6.07) is 17.9. The van der Waals surface area contributed by atoms with E-state index in [2.05, 4.69) is 12.1 Å². The molecule has 1 aliphatic heterocycles. The number of aliphatic carboxylic acids is 1. The second-order valence-electron chi connectivity index (χ2n) is 7.11. The first-order valence-electron chi connectivity index (χ1n) is 9.30. The highest BCUT2D eigenvalue weighted by Crippen LogP contribution is 2.24. The van der Waals surface area contributed by atoms with Crippen molar-refractivity contribution in [1.29, 1.82) is 0 Å².